The molecule has 0 unspecified atom stereocenters. The second kappa shape index (κ2) is 7.47. The first kappa shape index (κ1) is 16.5. The molecule has 0 radical (unpaired) electrons. The van der Waals surface area contributed by atoms with Gasteiger partial charge < -0.3 is 10.2 Å². The fourth-order valence-electron chi connectivity index (χ4n) is 2.16. The number of nitrogen functional groups attached to an aromatic ring is 1. The number of thioether (sulfide) groups is 1. The fourth-order valence-corrected chi connectivity index (χ4v) is 3.11. The summed E-state index contributed by atoms with van der Waals surface area (Å²) >= 11 is 1.40. The van der Waals surface area contributed by atoms with Gasteiger partial charge in [-0.1, -0.05) is 6.07 Å². The number of rotatable bonds is 5. The second-order valence-corrected chi connectivity index (χ2v) is 6.04. The quantitative estimate of drug-likeness (QED) is 0.551. The first-order chi connectivity index (χ1) is 12.2. The lowest BCUT2D eigenvalue weighted by Gasteiger charge is -2.07. The average Bonchev–Trinajstić information content (AvgIpc) is 3.11. The minimum atomic E-state index is 0.0456. The lowest BCUT2D eigenvalue weighted by Crippen LogP contribution is -2.03. The van der Waals surface area contributed by atoms with Crippen molar-refractivity contribution in [1.29, 1.82) is 10.5 Å². The van der Waals surface area contributed by atoms with Crippen LogP contribution in [0.5, 0.6) is 0 Å². The van der Waals surface area contributed by atoms with E-state index in [1.807, 2.05) is 24.3 Å². The van der Waals surface area contributed by atoms with E-state index in [1.54, 1.807) is 6.20 Å². The zero-order valence-electron chi connectivity index (χ0n) is 13.0. The average molecular weight is 348 g/mol. The van der Waals surface area contributed by atoms with Crippen LogP contribution in [0.4, 0.5) is 5.95 Å². The Bertz CT molecular complexity index is 971. The van der Waals surface area contributed by atoms with Gasteiger partial charge in [0, 0.05) is 23.7 Å². The van der Waals surface area contributed by atoms with Crippen molar-refractivity contribution in [3.05, 3.63) is 53.5 Å². The van der Waals surface area contributed by atoms with Crippen LogP contribution in [0.15, 0.2) is 46.2 Å². The van der Waals surface area contributed by atoms with Crippen molar-refractivity contribution in [3.8, 4) is 23.6 Å². The largest absolute Gasteiger partial charge is 0.461 e. The maximum absolute atomic E-state index is 9.53. The third-order valence-corrected chi connectivity index (χ3v) is 4.27. The number of nitrogens with zero attached hydrogens (tertiary/aromatic N) is 5. The Kier molecular flexibility index (Phi) is 4.93. The molecule has 25 heavy (non-hydrogen) atoms. The zero-order chi connectivity index (χ0) is 17.6. The normalized spacial score (nSPS) is 10.2. The highest BCUT2D eigenvalue weighted by Gasteiger charge is 2.18. The van der Waals surface area contributed by atoms with Crippen molar-refractivity contribution in [3.63, 3.8) is 0 Å². The van der Waals surface area contributed by atoms with Gasteiger partial charge >= 0.3 is 0 Å². The monoisotopic (exact) mass is 348 g/mol. The Balaban J connectivity index is 1.86. The third kappa shape index (κ3) is 3.77. The van der Waals surface area contributed by atoms with Crippen LogP contribution in [0.1, 0.15) is 16.8 Å². The molecule has 0 saturated carbocycles. The minimum Gasteiger partial charge on any atom is -0.461 e. The smallest absolute Gasteiger partial charge is 0.221 e. The first-order valence-corrected chi connectivity index (χ1v) is 8.29. The Labute approximate surface area is 148 Å². The summed E-state index contributed by atoms with van der Waals surface area (Å²) in [5.74, 6) is 1.04. The maximum Gasteiger partial charge on any atom is 0.221 e. The summed E-state index contributed by atoms with van der Waals surface area (Å²) in [6.07, 6.45) is 3.78. The molecule has 8 heteroatoms. The van der Waals surface area contributed by atoms with Gasteiger partial charge in [-0.15, -0.1) is 11.8 Å². The molecule has 3 rings (SSSR count). The van der Waals surface area contributed by atoms with Gasteiger partial charge in [-0.2, -0.15) is 10.5 Å². The maximum atomic E-state index is 9.53. The Morgan fingerprint density at radius 3 is 2.76 bits per heavy atom. The predicted molar refractivity (Wildman–Crippen MR) is 92.2 cm³/mol. The van der Waals surface area contributed by atoms with Crippen LogP contribution in [0.3, 0.4) is 0 Å². The Hall–Kier alpha value is -3.36. The van der Waals surface area contributed by atoms with E-state index in [9.17, 15) is 5.26 Å². The molecule has 0 fully saturated rings. The van der Waals surface area contributed by atoms with Gasteiger partial charge in [0.1, 0.15) is 34.7 Å². The summed E-state index contributed by atoms with van der Waals surface area (Å²) in [6, 6.07) is 11.3. The van der Waals surface area contributed by atoms with E-state index in [0.717, 1.165) is 12.1 Å². The Morgan fingerprint density at radius 1 is 1.20 bits per heavy atom. The third-order valence-electron chi connectivity index (χ3n) is 3.29. The van der Waals surface area contributed by atoms with Crippen LogP contribution in [0, 0.1) is 22.7 Å². The van der Waals surface area contributed by atoms with Crippen LogP contribution in [-0.4, -0.2) is 20.7 Å². The summed E-state index contributed by atoms with van der Waals surface area (Å²) in [4.78, 5) is 12.5. The molecule has 0 amide bonds. The highest BCUT2D eigenvalue weighted by molar-refractivity contribution is 7.99. The van der Waals surface area contributed by atoms with E-state index >= 15 is 0 Å². The zero-order valence-corrected chi connectivity index (χ0v) is 13.8. The molecule has 122 valence electrons. The number of furan rings is 1. The molecule has 3 aromatic rings. The van der Waals surface area contributed by atoms with Crippen molar-refractivity contribution in [1.82, 2.24) is 15.0 Å². The van der Waals surface area contributed by atoms with E-state index in [0.29, 0.717) is 22.1 Å². The lowest BCUT2D eigenvalue weighted by atomic mass is 10.2. The predicted octanol–water partition coefficient (Wildman–Crippen LogP) is 2.79. The van der Waals surface area contributed by atoms with E-state index in [2.05, 4.69) is 21.0 Å². The lowest BCUT2D eigenvalue weighted by molar-refractivity contribution is 0.578. The van der Waals surface area contributed by atoms with Crippen molar-refractivity contribution in [2.24, 2.45) is 0 Å². The van der Waals surface area contributed by atoms with Crippen molar-refractivity contribution in [2.45, 2.75) is 11.4 Å². The van der Waals surface area contributed by atoms with Gasteiger partial charge in [0.2, 0.25) is 5.95 Å². The van der Waals surface area contributed by atoms with Crippen LogP contribution < -0.4 is 5.73 Å². The molecule has 0 aliphatic heterocycles. The molecule has 7 nitrogen and oxygen atoms in total. The van der Waals surface area contributed by atoms with Gasteiger partial charge in [0.15, 0.2) is 5.76 Å². The molecular weight excluding hydrogens is 336 g/mol. The van der Waals surface area contributed by atoms with Gasteiger partial charge in [-0.05, 0) is 18.6 Å². The van der Waals surface area contributed by atoms with Gasteiger partial charge in [-0.25, -0.2) is 9.97 Å². The summed E-state index contributed by atoms with van der Waals surface area (Å²) in [5.41, 5.74) is 7.65. The highest BCUT2D eigenvalue weighted by atomic mass is 32.2. The molecule has 2 N–H and O–H groups in total. The topological polar surface area (TPSA) is 125 Å². The summed E-state index contributed by atoms with van der Waals surface area (Å²) in [7, 11) is 0. The molecule has 0 saturated heterocycles. The van der Waals surface area contributed by atoms with Gasteiger partial charge in [0.05, 0.1) is 5.56 Å². The molecule has 3 aromatic heterocycles. The number of aromatic nitrogens is 3. The number of nitriles is 2. The standard InChI is InChI=1S/C17H12N6OS/c18-8-11-7-14(24-10-11)15-13(9-19)16(23-17(20)22-15)25-6-4-12-3-1-2-5-21-12/h1-3,5,7,10H,4,6H2,(H2,20,22,23). The number of pyridine rings is 1. The fraction of sp³-hybridized carbons (Fsp3) is 0.118. The van der Waals surface area contributed by atoms with Crippen molar-refractivity contribution >= 4 is 17.7 Å². The number of hydrogen-bond acceptors (Lipinski definition) is 8. The van der Waals surface area contributed by atoms with E-state index in [-0.39, 0.29) is 17.2 Å². The molecule has 0 bridgehead atoms. The molecule has 0 aliphatic carbocycles. The highest BCUT2D eigenvalue weighted by Crippen LogP contribution is 2.30. The van der Waals surface area contributed by atoms with Crippen molar-refractivity contribution < 1.29 is 4.42 Å². The summed E-state index contributed by atoms with van der Waals surface area (Å²) in [6.45, 7) is 0. The second-order valence-electron chi connectivity index (χ2n) is 4.95. The van der Waals surface area contributed by atoms with Crippen LogP contribution in [0.2, 0.25) is 0 Å². The number of anilines is 1. The molecule has 0 atom stereocenters. The summed E-state index contributed by atoms with van der Waals surface area (Å²) in [5, 5.41) is 18.9. The number of hydrogen-bond donors (Lipinski definition) is 1. The van der Waals surface area contributed by atoms with Crippen LogP contribution in [-0.2, 0) is 6.42 Å². The number of nitrogens with two attached hydrogens (primary N) is 1. The molecule has 3 heterocycles. The first-order valence-electron chi connectivity index (χ1n) is 7.30. The van der Waals surface area contributed by atoms with Crippen molar-refractivity contribution in [2.75, 3.05) is 11.5 Å². The van der Waals surface area contributed by atoms with Crippen LogP contribution in [0.25, 0.3) is 11.5 Å². The van der Waals surface area contributed by atoms with Gasteiger partial charge in [0.25, 0.3) is 0 Å². The minimum absolute atomic E-state index is 0.0456. The summed E-state index contributed by atoms with van der Waals surface area (Å²) < 4.78 is 5.33. The Morgan fingerprint density at radius 2 is 2.08 bits per heavy atom. The number of aryl methyl sites for hydroxylation is 1. The van der Waals surface area contributed by atoms with Gasteiger partial charge in [-0.3, -0.25) is 4.98 Å². The molecular formula is C17H12N6OS. The van der Waals surface area contributed by atoms with Crippen LogP contribution >= 0.6 is 11.8 Å². The van der Waals surface area contributed by atoms with E-state index in [4.69, 9.17) is 15.4 Å². The molecule has 0 aliphatic rings. The molecule has 0 spiro atoms. The SMILES string of the molecule is N#Cc1coc(-c2nc(N)nc(SCCc3ccccn3)c2C#N)c1. The van der Waals surface area contributed by atoms with E-state index in [1.165, 1.54) is 24.1 Å². The molecule has 0 aromatic carbocycles. The van der Waals surface area contributed by atoms with E-state index < -0.39 is 0 Å².